The van der Waals surface area contributed by atoms with E-state index in [1.807, 2.05) is 0 Å². The first-order valence-electron chi connectivity index (χ1n) is 5.18. The van der Waals surface area contributed by atoms with Gasteiger partial charge < -0.3 is 4.74 Å². The van der Waals surface area contributed by atoms with E-state index in [9.17, 15) is 17.1 Å². The first-order valence-corrected chi connectivity index (χ1v) is 7.02. The Morgan fingerprint density at radius 3 is 2.40 bits per heavy atom. The molecule has 15 heavy (non-hydrogen) atoms. The fourth-order valence-corrected chi connectivity index (χ4v) is 1.52. The number of halogens is 3. The van der Waals surface area contributed by atoms with Crippen LogP contribution < -0.4 is 0 Å². The summed E-state index contributed by atoms with van der Waals surface area (Å²) in [7, 11) is -5.58. The molecule has 0 rings (SSSR count). The summed E-state index contributed by atoms with van der Waals surface area (Å²) >= 11 is 0. The van der Waals surface area contributed by atoms with Crippen molar-refractivity contribution >= 4 is 15.0 Å². The molecule has 0 aliphatic rings. The largest absolute Gasteiger partial charge is 0.616 e. The van der Waals surface area contributed by atoms with Gasteiger partial charge in [0.05, 0.1) is 13.0 Å². The van der Waals surface area contributed by atoms with Crippen LogP contribution in [0.4, 0.5) is 12.3 Å². The summed E-state index contributed by atoms with van der Waals surface area (Å²) in [6.07, 6.45) is 3.32. The zero-order valence-electron chi connectivity index (χ0n) is 8.90. The monoisotopic (exact) mass is 242 g/mol. The van der Waals surface area contributed by atoms with Gasteiger partial charge in [0.2, 0.25) is 0 Å². The maximum Gasteiger partial charge on any atom is 0.616 e. The second kappa shape index (κ2) is 7.73. The Balaban J connectivity index is 3.34. The van der Waals surface area contributed by atoms with Crippen molar-refractivity contribution in [2.45, 2.75) is 45.1 Å². The number of unbranched alkanes of at least 4 members (excludes halogenated alkanes) is 3. The highest BCUT2D eigenvalue weighted by molar-refractivity contribution is 6.58. The minimum Gasteiger partial charge on any atom is -0.466 e. The molecule has 0 unspecified atom stereocenters. The lowest BCUT2D eigenvalue weighted by molar-refractivity contribution is -0.143. The molecular weight excluding hydrogens is 225 g/mol. The van der Waals surface area contributed by atoms with Gasteiger partial charge in [-0.1, -0.05) is 26.2 Å². The second-order valence-corrected chi connectivity index (χ2v) is 5.13. The third kappa shape index (κ3) is 11.4. The molecule has 0 saturated carbocycles. The molecular formula is C9H17F3O2Si. The average molecular weight is 242 g/mol. The molecule has 0 fully saturated rings. The maximum atomic E-state index is 11.8. The van der Waals surface area contributed by atoms with E-state index in [2.05, 4.69) is 11.7 Å². The van der Waals surface area contributed by atoms with Crippen molar-refractivity contribution in [1.29, 1.82) is 0 Å². The van der Waals surface area contributed by atoms with Crippen molar-refractivity contribution < 1.29 is 21.9 Å². The molecule has 0 amide bonds. The molecule has 0 aliphatic heterocycles. The lowest BCUT2D eigenvalue weighted by Crippen LogP contribution is -2.17. The van der Waals surface area contributed by atoms with Gasteiger partial charge in [0.1, 0.15) is 0 Å². The van der Waals surface area contributed by atoms with Crippen LogP contribution in [0.1, 0.15) is 39.0 Å². The molecule has 0 spiro atoms. The summed E-state index contributed by atoms with van der Waals surface area (Å²) in [5.41, 5.74) is 0. The molecule has 0 atom stereocenters. The van der Waals surface area contributed by atoms with Crippen LogP contribution in [0.2, 0.25) is 6.04 Å². The van der Waals surface area contributed by atoms with Gasteiger partial charge in [0.25, 0.3) is 0 Å². The molecule has 0 aromatic heterocycles. The number of ether oxygens (including phenoxy) is 1. The second-order valence-electron chi connectivity index (χ2n) is 3.40. The molecule has 0 radical (unpaired) electrons. The normalized spacial score (nSPS) is 11.5. The number of esters is 1. The SMILES string of the molecule is CCCCCCOC(=O)CC[Si](F)(F)F. The van der Waals surface area contributed by atoms with E-state index >= 15 is 0 Å². The quantitative estimate of drug-likeness (QED) is 0.282. The zero-order valence-corrected chi connectivity index (χ0v) is 9.90. The van der Waals surface area contributed by atoms with Gasteiger partial charge in [-0.3, -0.25) is 4.79 Å². The Morgan fingerprint density at radius 1 is 1.20 bits per heavy atom. The smallest absolute Gasteiger partial charge is 0.466 e. The van der Waals surface area contributed by atoms with Crippen LogP contribution in [0.3, 0.4) is 0 Å². The molecule has 2 nitrogen and oxygen atoms in total. The number of hydrogen-bond donors (Lipinski definition) is 0. The number of carbonyl (C=O) groups excluding carboxylic acids is 1. The number of carbonyl (C=O) groups is 1. The van der Waals surface area contributed by atoms with E-state index in [1.54, 1.807) is 0 Å². The van der Waals surface area contributed by atoms with Gasteiger partial charge in [0, 0.05) is 6.04 Å². The summed E-state index contributed by atoms with van der Waals surface area (Å²) in [6, 6.07) is -0.958. The van der Waals surface area contributed by atoms with Gasteiger partial charge in [-0.05, 0) is 6.42 Å². The van der Waals surface area contributed by atoms with Crippen LogP contribution >= 0.6 is 0 Å². The molecule has 6 heteroatoms. The van der Waals surface area contributed by atoms with E-state index in [0.717, 1.165) is 25.7 Å². The first kappa shape index (κ1) is 14.5. The Labute approximate surface area is 89.3 Å². The van der Waals surface area contributed by atoms with Crippen LogP contribution in [-0.2, 0) is 9.53 Å². The first-order chi connectivity index (χ1) is 6.95. The molecule has 0 aromatic carbocycles. The molecule has 0 aliphatic carbocycles. The Morgan fingerprint density at radius 2 is 1.87 bits per heavy atom. The molecule has 0 bridgehead atoms. The molecule has 0 N–H and O–H groups in total. The Hall–Kier alpha value is -0.523. The van der Waals surface area contributed by atoms with Crippen LogP contribution in [0.25, 0.3) is 0 Å². The molecule has 90 valence electrons. The topological polar surface area (TPSA) is 26.3 Å². The van der Waals surface area contributed by atoms with Crippen LogP contribution in [-0.4, -0.2) is 21.7 Å². The summed E-state index contributed by atoms with van der Waals surface area (Å²) in [5.74, 6) is -0.726. The van der Waals surface area contributed by atoms with Gasteiger partial charge in [-0.15, -0.1) is 0 Å². The number of hydrogen-bond acceptors (Lipinski definition) is 2. The third-order valence-corrected chi connectivity index (χ3v) is 2.69. The van der Waals surface area contributed by atoms with Gasteiger partial charge in [-0.25, -0.2) is 12.3 Å². The predicted octanol–water partition coefficient (Wildman–Crippen LogP) is 3.35. The summed E-state index contributed by atoms with van der Waals surface area (Å²) < 4.78 is 40.2. The van der Waals surface area contributed by atoms with Crippen molar-refractivity contribution in [3.8, 4) is 0 Å². The summed E-state index contributed by atoms with van der Waals surface area (Å²) in [4.78, 5) is 10.8. The van der Waals surface area contributed by atoms with Gasteiger partial charge in [0.15, 0.2) is 0 Å². The number of rotatable bonds is 8. The third-order valence-electron chi connectivity index (χ3n) is 1.87. The highest BCUT2D eigenvalue weighted by atomic mass is 28.5. The minimum absolute atomic E-state index is 0.248. The molecule has 0 saturated heterocycles. The minimum atomic E-state index is -5.58. The van der Waals surface area contributed by atoms with Gasteiger partial charge in [-0.2, -0.15) is 0 Å². The van der Waals surface area contributed by atoms with Crippen molar-refractivity contribution in [3.05, 3.63) is 0 Å². The maximum absolute atomic E-state index is 11.8. The molecule has 0 heterocycles. The molecule has 0 aromatic rings. The van der Waals surface area contributed by atoms with Crippen molar-refractivity contribution in [2.24, 2.45) is 0 Å². The van der Waals surface area contributed by atoms with E-state index in [1.165, 1.54) is 0 Å². The van der Waals surface area contributed by atoms with Gasteiger partial charge >= 0.3 is 15.0 Å². The fourth-order valence-electron chi connectivity index (χ4n) is 1.03. The standard InChI is InChI=1S/C9H17F3O2Si/c1-2-3-4-5-7-14-9(13)6-8-15(10,11)12/h2-8H2,1H3. The van der Waals surface area contributed by atoms with E-state index < -0.39 is 27.5 Å². The van der Waals surface area contributed by atoms with Crippen molar-refractivity contribution in [3.63, 3.8) is 0 Å². The fraction of sp³-hybridized carbons (Fsp3) is 0.889. The van der Waals surface area contributed by atoms with E-state index in [0.29, 0.717) is 0 Å². The average Bonchev–Trinajstić information content (AvgIpc) is 2.13. The Bertz CT molecular complexity index is 183. The lowest BCUT2D eigenvalue weighted by atomic mass is 10.2. The van der Waals surface area contributed by atoms with Crippen molar-refractivity contribution in [1.82, 2.24) is 0 Å². The highest BCUT2D eigenvalue weighted by Crippen LogP contribution is 2.17. The van der Waals surface area contributed by atoms with E-state index in [4.69, 9.17) is 0 Å². The summed E-state index contributed by atoms with van der Waals surface area (Å²) in [6.45, 7) is 2.30. The zero-order chi connectivity index (χ0) is 11.7. The van der Waals surface area contributed by atoms with Crippen LogP contribution in [0.5, 0.6) is 0 Å². The highest BCUT2D eigenvalue weighted by Gasteiger charge is 2.36. The lowest BCUT2D eigenvalue weighted by Gasteiger charge is -2.04. The predicted molar refractivity (Wildman–Crippen MR) is 53.6 cm³/mol. The van der Waals surface area contributed by atoms with Crippen LogP contribution in [0.15, 0.2) is 0 Å². The van der Waals surface area contributed by atoms with Crippen molar-refractivity contribution in [2.75, 3.05) is 6.61 Å². The van der Waals surface area contributed by atoms with E-state index in [-0.39, 0.29) is 6.61 Å². The Kier molecular flexibility index (Phi) is 7.46. The van der Waals surface area contributed by atoms with Crippen LogP contribution in [0, 0.1) is 0 Å². The summed E-state index contributed by atoms with van der Waals surface area (Å²) in [5, 5.41) is 0.